The first-order valence-electron chi connectivity index (χ1n) is 9.13. The van der Waals surface area contributed by atoms with Crippen molar-refractivity contribution in [2.45, 2.75) is 11.8 Å². The fourth-order valence-electron chi connectivity index (χ4n) is 4.50. The van der Waals surface area contributed by atoms with Crippen LogP contribution in [0.25, 0.3) is 0 Å². The standard InChI is InChI=1S/C23H18O5/c24-15-8-5-13(6-9-15)20-16-3-1-2-4-17(16)21(22(20)23(25)26)14-7-10-18-19(11-14)28-12-27-18/h1-11,20-22,24H,12H2,(H,25,26). The van der Waals surface area contributed by atoms with Gasteiger partial charge in [0.15, 0.2) is 11.5 Å². The Morgan fingerprint density at radius 3 is 2.11 bits per heavy atom. The summed E-state index contributed by atoms with van der Waals surface area (Å²) < 4.78 is 10.9. The normalized spacial score (nSPS) is 22.1. The zero-order chi connectivity index (χ0) is 19.3. The molecule has 0 spiro atoms. The summed E-state index contributed by atoms with van der Waals surface area (Å²) in [6.45, 7) is 0.179. The number of fused-ring (bicyclic) bond motifs is 2. The van der Waals surface area contributed by atoms with Crippen molar-refractivity contribution < 1.29 is 24.5 Å². The summed E-state index contributed by atoms with van der Waals surface area (Å²) in [6, 6.07) is 20.3. The van der Waals surface area contributed by atoms with E-state index in [-0.39, 0.29) is 24.4 Å². The van der Waals surface area contributed by atoms with Crippen molar-refractivity contribution in [3.8, 4) is 17.2 Å². The third kappa shape index (κ3) is 2.51. The number of rotatable bonds is 3. The summed E-state index contributed by atoms with van der Waals surface area (Å²) in [5, 5.41) is 19.8. The molecule has 140 valence electrons. The molecule has 28 heavy (non-hydrogen) atoms. The maximum atomic E-state index is 12.4. The van der Waals surface area contributed by atoms with Gasteiger partial charge in [0.1, 0.15) is 5.75 Å². The first-order chi connectivity index (χ1) is 13.6. The van der Waals surface area contributed by atoms with Gasteiger partial charge in [-0.1, -0.05) is 42.5 Å². The average Bonchev–Trinajstić information content (AvgIpc) is 3.30. The number of aromatic hydroxyl groups is 1. The number of benzene rings is 3. The number of phenols is 1. The zero-order valence-corrected chi connectivity index (χ0v) is 14.9. The van der Waals surface area contributed by atoms with E-state index in [1.54, 1.807) is 24.3 Å². The second kappa shape index (κ2) is 6.30. The number of carbonyl (C=O) groups is 1. The second-order valence-corrected chi connectivity index (χ2v) is 7.15. The molecule has 3 atom stereocenters. The van der Waals surface area contributed by atoms with Crippen LogP contribution in [0.2, 0.25) is 0 Å². The van der Waals surface area contributed by atoms with Crippen LogP contribution in [0.15, 0.2) is 66.7 Å². The summed E-state index contributed by atoms with van der Waals surface area (Å²) in [5.41, 5.74) is 3.78. The Bertz CT molecular complexity index is 1060. The van der Waals surface area contributed by atoms with Crippen molar-refractivity contribution in [1.29, 1.82) is 0 Å². The van der Waals surface area contributed by atoms with Crippen LogP contribution in [0.4, 0.5) is 0 Å². The Morgan fingerprint density at radius 2 is 1.43 bits per heavy atom. The predicted molar refractivity (Wildman–Crippen MR) is 102 cm³/mol. The molecule has 5 heteroatoms. The van der Waals surface area contributed by atoms with Crippen molar-refractivity contribution in [2.75, 3.05) is 6.79 Å². The monoisotopic (exact) mass is 374 g/mol. The van der Waals surface area contributed by atoms with Crippen molar-refractivity contribution in [2.24, 2.45) is 5.92 Å². The van der Waals surface area contributed by atoms with Crippen LogP contribution in [-0.2, 0) is 4.79 Å². The first kappa shape index (κ1) is 16.7. The summed E-state index contributed by atoms with van der Waals surface area (Å²) in [4.78, 5) is 12.4. The molecule has 1 aliphatic carbocycles. The molecular formula is C23H18O5. The highest BCUT2D eigenvalue weighted by Gasteiger charge is 2.46. The maximum Gasteiger partial charge on any atom is 0.308 e. The van der Waals surface area contributed by atoms with E-state index in [2.05, 4.69) is 0 Å². The Balaban J connectivity index is 1.68. The molecular weight excluding hydrogens is 356 g/mol. The van der Waals surface area contributed by atoms with Gasteiger partial charge in [-0.15, -0.1) is 0 Å². The van der Waals surface area contributed by atoms with Crippen LogP contribution >= 0.6 is 0 Å². The molecule has 2 N–H and O–H groups in total. The van der Waals surface area contributed by atoms with Gasteiger partial charge in [-0.25, -0.2) is 0 Å². The largest absolute Gasteiger partial charge is 0.508 e. The van der Waals surface area contributed by atoms with E-state index in [0.717, 1.165) is 22.3 Å². The number of aliphatic carboxylic acids is 1. The molecule has 5 nitrogen and oxygen atoms in total. The molecule has 0 radical (unpaired) electrons. The van der Waals surface area contributed by atoms with E-state index < -0.39 is 11.9 Å². The van der Waals surface area contributed by atoms with E-state index in [1.165, 1.54) is 0 Å². The van der Waals surface area contributed by atoms with Crippen LogP contribution in [0.1, 0.15) is 34.1 Å². The molecule has 5 rings (SSSR count). The minimum atomic E-state index is -0.850. The molecule has 0 fully saturated rings. The fourth-order valence-corrected chi connectivity index (χ4v) is 4.50. The Morgan fingerprint density at radius 1 is 0.821 bits per heavy atom. The van der Waals surface area contributed by atoms with Crippen LogP contribution in [0.3, 0.4) is 0 Å². The minimum Gasteiger partial charge on any atom is -0.508 e. The summed E-state index contributed by atoms with van der Waals surface area (Å²) in [6.07, 6.45) is 0. The number of phenolic OH excluding ortho intramolecular Hbond substituents is 1. The number of hydrogen-bond acceptors (Lipinski definition) is 4. The van der Waals surface area contributed by atoms with Crippen LogP contribution in [-0.4, -0.2) is 23.0 Å². The number of carboxylic acids is 1. The smallest absolute Gasteiger partial charge is 0.308 e. The van der Waals surface area contributed by atoms with E-state index in [4.69, 9.17) is 9.47 Å². The second-order valence-electron chi connectivity index (χ2n) is 7.15. The highest BCUT2D eigenvalue weighted by molar-refractivity contribution is 5.78. The number of hydrogen-bond donors (Lipinski definition) is 2. The molecule has 3 aromatic rings. The molecule has 3 aromatic carbocycles. The van der Waals surface area contributed by atoms with E-state index >= 15 is 0 Å². The van der Waals surface area contributed by atoms with Crippen molar-refractivity contribution in [1.82, 2.24) is 0 Å². The minimum absolute atomic E-state index is 0.161. The predicted octanol–water partition coefficient (Wildman–Crippen LogP) is 4.10. The first-order valence-corrected chi connectivity index (χ1v) is 9.13. The van der Waals surface area contributed by atoms with Gasteiger partial charge < -0.3 is 19.7 Å². The van der Waals surface area contributed by atoms with Crippen molar-refractivity contribution >= 4 is 5.97 Å². The van der Waals surface area contributed by atoms with Crippen LogP contribution < -0.4 is 9.47 Å². The topological polar surface area (TPSA) is 76.0 Å². The van der Waals surface area contributed by atoms with Gasteiger partial charge in [0.05, 0.1) is 5.92 Å². The van der Waals surface area contributed by atoms with Gasteiger partial charge in [-0.05, 0) is 46.5 Å². The molecule has 1 aliphatic heterocycles. The van der Waals surface area contributed by atoms with Gasteiger partial charge in [0.25, 0.3) is 0 Å². The highest BCUT2D eigenvalue weighted by Crippen LogP contribution is 2.53. The molecule has 0 bridgehead atoms. The van der Waals surface area contributed by atoms with E-state index in [0.29, 0.717) is 11.5 Å². The SMILES string of the molecule is O=C(O)C1C(c2ccc(O)cc2)c2ccccc2C1c1ccc2c(c1)OCO2. The molecule has 0 saturated heterocycles. The Labute approximate surface area is 161 Å². The van der Waals surface area contributed by atoms with Gasteiger partial charge in [-0.2, -0.15) is 0 Å². The van der Waals surface area contributed by atoms with E-state index in [9.17, 15) is 15.0 Å². The third-order valence-corrected chi connectivity index (χ3v) is 5.68. The Hall–Kier alpha value is -3.47. The van der Waals surface area contributed by atoms with Gasteiger partial charge in [0, 0.05) is 11.8 Å². The fraction of sp³-hybridized carbons (Fsp3) is 0.174. The van der Waals surface area contributed by atoms with Crippen molar-refractivity contribution in [3.05, 3.63) is 89.0 Å². The summed E-state index contributed by atoms with van der Waals surface area (Å²) in [7, 11) is 0. The van der Waals surface area contributed by atoms with Gasteiger partial charge >= 0.3 is 5.97 Å². The molecule has 2 aliphatic rings. The lowest BCUT2D eigenvalue weighted by atomic mass is 9.79. The number of carboxylic acid groups (broad SMARTS) is 1. The lowest BCUT2D eigenvalue weighted by Gasteiger charge is -2.23. The Kier molecular flexibility index (Phi) is 3.76. The zero-order valence-electron chi connectivity index (χ0n) is 14.9. The molecule has 0 saturated carbocycles. The van der Waals surface area contributed by atoms with Crippen LogP contribution in [0.5, 0.6) is 17.2 Å². The summed E-state index contributed by atoms with van der Waals surface area (Å²) >= 11 is 0. The quantitative estimate of drug-likeness (QED) is 0.722. The van der Waals surface area contributed by atoms with Crippen LogP contribution in [0, 0.1) is 5.92 Å². The maximum absolute atomic E-state index is 12.4. The average molecular weight is 374 g/mol. The van der Waals surface area contributed by atoms with Gasteiger partial charge in [-0.3, -0.25) is 4.79 Å². The highest BCUT2D eigenvalue weighted by atomic mass is 16.7. The lowest BCUT2D eigenvalue weighted by Crippen LogP contribution is -2.23. The molecule has 1 heterocycles. The van der Waals surface area contributed by atoms with Gasteiger partial charge in [0.2, 0.25) is 6.79 Å². The summed E-state index contributed by atoms with van der Waals surface area (Å²) in [5.74, 6) is -0.635. The van der Waals surface area contributed by atoms with Crippen molar-refractivity contribution in [3.63, 3.8) is 0 Å². The molecule has 3 unspecified atom stereocenters. The molecule has 0 aromatic heterocycles. The van der Waals surface area contributed by atoms with E-state index in [1.807, 2.05) is 42.5 Å². The lowest BCUT2D eigenvalue weighted by molar-refractivity contribution is -0.142. The molecule has 0 amide bonds. The number of ether oxygens (including phenoxy) is 2. The third-order valence-electron chi connectivity index (χ3n) is 5.68.